The summed E-state index contributed by atoms with van der Waals surface area (Å²) in [6, 6.07) is 6.69. The van der Waals surface area contributed by atoms with Gasteiger partial charge in [0.25, 0.3) is 5.91 Å². The molecule has 0 unspecified atom stereocenters. The van der Waals surface area contributed by atoms with E-state index in [9.17, 15) is 4.79 Å². The zero-order valence-electron chi connectivity index (χ0n) is 24.2. The summed E-state index contributed by atoms with van der Waals surface area (Å²) in [5.74, 6) is 3.35. The predicted octanol–water partition coefficient (Wildman–Crippen LogP) is 4.89. The van der Waals surface area contributed by atoms with Crippen LogP contribution in [0.2, 0.25) is 0 Å². The maximum Gasteiger partial charge on any atom is 0.254 e. The van der Waals surface area contributed by atoms with Crippen LogP contribution in [0.15, 0.2) is 18.2 Å². The first-order valence-corrected chi connectivity index (χ1v) is 15.1. The van der Waals surface area contributed by atoms with Gasteiger partial charge in [-0.05, 0) is 69.6 Å². The first kappa shape index (κ1) is 29.2. The molecule has 2 saturated carbocycles. The lowest BCUT2D eigenvalue weighted by Crippen LogP contribution is -2.52. The Bertz CT molecular complexity index is 851. The van der Waals surface area contributed by atoms with Gasteiger partial charge in [0.15, 0.2) is 11.5 Å². The summed E-state index contributed by atoms with van der Waals surface area (Å²) in [5, 5.41) is 7.83. The lowest BCUT2D eigenvalue weighted by Gasteiger charge is -2.37. The van der Waals surface area contributed by atoms with E-state index < -0.39 is 0 Å². The topological polar surface area (TPSA) is 72.1 Å². The highest BCUT2D eigenvalue weighted by Crippen LogP contribution is 2.38. The Kier molecular flexibility index (Phi) is 11.1. The molecule has 1 aromatic rings. The van der Waals surface area contributed by atoms with E-state index in [1.54, 1.807) is 14.2 Å². The minimum atomic E-state index is 0.0539. The number of carbonyl (C=O) groups is 1. The second-order valence-electron chi connectivity index (χ2n) is 11.9. The van der Waals surface area contributed by atoms with E-state index in [0.29, 0.717) is 48.3 Å². The molecule has 3 aliphatic rings. The van der Waals surface area contributed by atoms with Crippen molar-refractivity contribution < 1.29 is 19.0 Å². The fourth-order valence-electron chi connectivity index (χ4n) is 6.91. The number of amides is 1. The summed E-state index contributed by atoms with van der Waals surface area (Å²) < 4.78 is 16.6. The first-order chi connectivity index (χ1) is 18.5. The number of hydrogen-bond acceptors (Lipinski definition) is 6. The molecule has 2 atom stereocenters. The number of hydrogen-bond donors (Lipinski definition) is 2. The lowest BCUT2D eigenvalue weighted by molar-refractivity contribution is 0.0662. The van der Waals surface area contributed by atoms with E-state index in [1.165, 1.54) is 51.4 Å². The van der Waals surface area contributed by atoms with E-state index in [4.69, 9.17) is 14.2 Å². The van der Waals surface area contributed by atoms with E-state index in [0.717, 1.165) is 37.9 Å². The van der Waals surface area contributed by atoms with Crippen LogP contribution in [0.3, 0.4) is 0 Å². The number of nitrogens with one attached hydrogen (secondary N) is 2. The van der Waals surface area contributed by atoms with Crippen molar-refractivity contribution in [3.8, 4) is 11.5 Å². The van der Waals surface area contributed by atoms with Gasteiger partial charge in [0.05, 0.1) is 13.7 Å². The highest BCUT2D eigenvalue weighted by atomic mass is 16.5. The third-order valence-corrected chi connectivity index (χ3v) is 9.04. The third-order valence-electron chi connectivity index (χ3n) is 9.04. The minimum Gasteiger partial charge on any atom is -0.493 e. The quantitative estimate of drug-likeness (QED) is 0.335. The van der Waals surface area contributed by atoms with Gasteiger partial charge < -0.3 is 29.7 Å². The summed E-state index contributed by atoms with van der Waals surface area (Å²) in [7, 11) is 3.31. The van der Waals surface area contributed by atoms with Gasteiger partial charge in [0.1, 0.15) is 0 Å². The van der Waals surface area contributed by atoms with Crippen LogP contribution in [0.25, 0.3) is 0 Å². The average Bonchev–Trinajstić information content (AvgIpc) is 3.71. The van der Waals surface area contributed by atoms with Crippen LogP contribution in [0.4, 0.5) is 0 Å². The summed E-state index contributed by atoms with van der Waals surface area (Å²) in [4.78, 5) is 15.9. The molecule has 7 heteroatoms. The Labute approximate surface area is 230 Å². The van der Waals surface area contributed by atoms with Gasteiger partial charge >= 0.3 is 0 Å². The largest absolute Gasteiger partial charge is 0.493 e. The molecule has 0 bridgehead atoms. The van der Waals surface area contributed by atoms with Crippen LogP contribution >= 0.6 is 0 Å². The zero-order valence-corrected chi connectivity index (χ0v) is 24.2. The Hall–Kier alpha value is -1.83. The molecule has 0 radical (unpaired) electrons. The molecule has 1 amide bonds. The molecule has 4 rings (SSSR count). The molecule has 1 aliphatic heterocycles. The van der Waals surface area contributed by atoms with Crippen molar-refractivity contribution in [2.45, 2.75) is 89.8 Å². The monoisotopic (exact) mass is 529 g/mol. The zero-order chi connectivity index (χ0) is 26.9. The van der Waals surface area contributed by atoms with Crippen molar-refractivity contribution in [1.82, 2.24) is 15.5 Å². The molecule has 2 N–H and O–H groups in total. The number of carbonyl (C=O) groups excluding carboxylic acids is 1. The van der Waals surface area contributed by atoms with Crippen LogP contribution in [-0.4, -0.2) is 76.0 Å². The van der Waals surface area contributed by atoms with Crippen molar-refractivity contribution in [3.05, 3.63) is 23.8 Å². The minimum absolute atomic E-state index is 0.0539. The molecule has 214 valence electrons. The molecule has 1 heterocycles. The SMILES string of the molecule is COCCCOc1cc(C(=O)N(C[C@H]2CNC[C@@H]2NC(C2CCCC2)C2CCCC2)C(C)C)ccc1OC. The normalized spacial score (nSPS) is 22.6. The molecule has 1 saturated heterocycles. The molecule has 38 heavy (non-hydrogen) atoms. The van der Waals surface area contributed by atoms with E-state index in [1.807, 2.05) is 23.1 Å². The molecule has 1 aromatic carbocycles. The van der Waals surface area contributed by atoms with Gasteiger partial charge in [-0.3, -0.25) is 4.79 Å². The van der Waals surface area contributed by atoms with Crippen molar-refractivity contribution in [1.29, 1.82) is 0 Å². The Balaban J connectivity index is 1.44. The standard InChI is InChI=1S/C31H51N3O4/c1-22(2)34(31(35)25-14-15-28(37-4)29(18-25)38-17-9-16-36-3)21-26-19-32-20-27(26)33-30(23-10-5-6-11-23)24-12-7-8-13-24/h14-15,18,22-24,26-27,30,32-33H,5-13,16-17,19-21H2,1-4H3/t26-,27+/m1/s1. The fourth-order valence-corrected chi connectivity index (χ4v) is 6.91. The number of rotatable bonds is 14. The van der Waals surface area contributed by atoms with E-state index in [2.05, 4.69) is 24.5 Å². The van der Waals surface area contributed by atoms with Crippen molar-refractivity contribution in [2.75, 3.05) is 47.1 Å². The van der Waals surface area contributed by atoms with Crippen molar-refractivity contribution in [2.24, 2.45) is 17.8 Å². The van der Waals surface area contributed by atoms with Crippen LogP contribution in [0.1, 0.15) is 82.0 Å². The van der Waals surface area contributed by atoms with E-state index in [-0.39, 0.29) is 11.9 Å². The van der Waals surface area contributed by atoms with Crippen LogP contribution < -0.4 is 20.1 Å². The number of methoxy groups -OCH3 is 2. The van der Waals surface area contributed by atoms with Crippen LogP contribution in [0.5, 0.6) is 11.5 Å². The third kappa shape index (κ3) is 7.42. The Morgan fingerprint density at radius 2 is 1.68 bits per heavy atom. The average molecular weight is 530 g/mol. The molecule has 0 aromatic heterocycles. The predicted molar refractivity (Wildman–Crippen MR) is 152 cm³/mol. The maximum absolute atomic E-state index is 13.8. The highest BCUT2D eigenvalue weighted by molar-refractivity contribution is 5.95. The number of ether oxygens (including phenoxy) is 3. The summed E-state index contributed by atoms with van der Waals surface area (Å²) in [5.41, 5.74) is 0.645. The molecular formula is C31H51N3O4. The number of nitrogens with zero attached hydrogens (tertiary/aromatic N) is 1. The molecule has 7 nitrogen and oxygen atoms in total. The highest BCUT2D eigenvalue weighted by Gasteiger charge is 2.38. The second-order valence-corrected chi connectivity index (χ2v) is 11.9. The van der Waals surface area contributed by atoms with Gasteiger partial charge in [0, 0.05) is 69.4 Å². The van der Waals surface area contributed by atoms with Crippen LogP contribution in [0, 0.1) is 17.8 Å². The molecule has 2 aliphatic carbocycles. The van der Waals surface area contributed by atoms with Crippen LogP contribution in [-0.2, 0) is 4.74 Å². The summed E-state index contributed by atoms with van der Waals surface area (Å²) in [6.07, 6.45) is 11.8. The smallest absolute Gasteiger partial charge is 0.254 e. The maximum atomic E-state index is 13.8. The molecule has 0 spiro atoms. The first-order valence-electron chi connectivity index (χ1n) is 15.1. The second kappa shape index (κ2) is 14.5. The lowest BCUT2D eigenvalue weighted by atomic mass is 9.84. The van der Waals surface area contributed by atoms with E-state index >= 15 is 0 Å². The fraction of sp³-hybridized carbons (Fsp3) is 0.774. The molecule has 3 fully saturated rings. The van der Waals surface area contributed by atoms with Gasteiger partial charge in [-0.2, -0.15) is 0 Å². The summed E-state index contributed by atoms with van der Waals surface area (Å²) in [6.45, 7) is 8.08. The summed E-state index contributed by atoms with van der Waals surface area (Å²) >= 11 is 0. The van der Waals surface area contributed by atoms with Gasteiger partial charge in [-0.15, -0.1) is 0 Å². The Morgan fingerprint density at radius 3 is 2.29 bits per heavy atom. The van der Waals surface area contributed by atoms with Gasteiger partial charge in [0.2, 0.25) is 0 Å². The van der Waals surface area contributed by atoms with Gasteiger partial charge in [-0.25, -0.2) is 0 Å². The Morgan fingerprint density at radius 1 is 1.00 bits per heavy atom. The van der Waals surface area contributed by atoms with Crippen molar-refractivity contribution >= 4 is 5.91 Å². The van der Waals surface area contributed by atoms with Crippen molar-refractivity contribution in [3.63, 3.8) is 0 Å². The molecular weight excluding hydrogens is 478 g/mol. The van der Waals surface area contributed by atoms with Gasteiger partial charge in [-0.1, -0.05) is 25.7 Å². The number of benzene rings is 1.